The van der Waals surface area contributed by atoms with E-state index in [0.29, 0.717) is 0 Å². The molecular weight excluding hydrogens is 286 g/mol. The van der Waals surface area contributed by atoms with Crippen LogP contribution in [0.1, 0.15) is 17.7 Å². The molecule has 3 rings (SSSR count). The number of esters is 1. The summed E-state index contributed by atoms with van der Waals surface area (Å²) in [6.07, 6.45) is 0. The van der Waals surface area contributed by atoms with Crippen LogP contribution in [0.25, 0.3) is 10.4 Å². The molecule has 4 nitrogen and oxygen atoms in total. The third-order valence-electron chi connectivity index (χ3n) is 3.52. The van der Waals surface area contributed by atoms with Crippen molar-refractivity contribution in [2.24, 2.45) is 0 Å². The highest BCUT2D eigenvalue weighted by atomic mass is 32.1. The molecule has 1 aromatic heterocycles. The van der Waals surface area contributed by atoms with Crippen molar-refractivity contribution in [2.75, 3.05) is 18.6 Å². The van der Waals surface area contributed by atoms with Gasteiger partial charge in [-0.25, -0.2) is 0 Å². The number of carbonyl (C=O) groups is 2. The smallest absolute Gasteiger partial charge is 0.323 e. The molecule has 108 valence electrons. The summed E-state index contributed by atoms with van der Waals surface area (Å²) in [6.45, 7) is 2.02. The quantitative estimate of drug-likeness (QED) is 0.646. The van der Waals surface area contributed by atoms with Gasteiger partial charge in [-0.15, -0.1) is 11.3 Å². The van der Waals surface area contributed by atoms with Crippen LogP contribution in [0.5, 0.6) is 0 Å². The number of anilines is 1. The van der Waals surface area contributed by atoms with E-state index in [4.69, 9.17) is 4.74 Å². The zero-order valence-corrected chi connectivity index (χ0v) is 12.6. The van der Waals surface area contributed by atoms with Crippen molar-refractivity contribution in [3.63, 3.8) is 0 Å². The number of ether oxygens (including phenoxy) is 1. The van der Waals surface area contributed by atoms with E-state index in [2.05, 4.69) is 0 Å². The number of nitrogens with zero attached hydrogens (tertiary/aromatic N) is 1. The second-order valence-corrected chi connectivity index (χ2v) is 5.89. The molecule has 1 aliphatic rings. The Kier molecular flexibility index (Phi) is 3.51. The minimum Gasteiger partial charge on any atom is -0.465 e. The van der Waals surface area contributed by atoms with Gasteiger partial charge in [-0.1, -0.05) is 30.3 Å². The lowest BCUT2D eigenvalue weighted by atomic mass is 10.1. The second kappa shape index (κ2) is 5.33. The number of rotatable bonds is 3. The van der Waals surface area contributed by atoms with Crippen molar-refractivity contribution < 1.29 is 14.3 Å². The molecule has 0 saturated heterocycles. The Morgan fingerprint density at radius 3 is 2.71 bits per heavy atom. The maximum absolute atomic E-state index is 12.2. The lowest BCUT2D eigenvalue weighted by Gasteiger charge is -2.11. The molecule has 0 bridgehead atoms. The topological polar surface area (TPSA) is 46.6 Å². The number of thiophene rings is 1. The number of hydrogen-bond acceptors (Lipinski definition) is 4. The van der Waals surface area contributed by atoms with Crippen molar-refractivity contribution in [1.29, 1.82) is 0 Å². The van der Waals surface area contributed by atoms with Crippen LogP contribution in [0, 0.1) is 0 Å². The van der Waals surface area contributed by atoms with Crippen LogP contribution in [0.15, 0.2) is 36.4 Å². The predicted molar refractivity (Wildman–Crippen MR) is 82.5 cm³/mol. The fourth-order valence-electron chi connectivity index (χ4n) is 2.47. The Hall–Kier alpha value is -2.14. The standard InChI is InChI=1S/C16H15NO3S/c1-3-20-16(19)13-14-11(17(2)15(13)18)9-12(21-14)10-7-5-4-6-8-10/h4-9,13H,3H2,1-2H3. The average Bonchev–Trinajstić information content (AvgIpc) is 3.01. The highest BCUT2D eigenvalue weighted by Gasteiger charge is 2.43. The molecule has 2 heterocycles. The number of fused-ring (bicyclic) bond motifs is 1. The van der Waals surface area contributed by atoms with Gasteiger partial charge in [0.15, 0.2) is 5.92 Å². The molecule has 1 atom stereocenters. The number of carbonyl (C=O) groups excluding carboxylic acids is 2. The molecular formula is C16H15NO3S. The lowest BCUT2D eigenvalue weighted by Crippen LogP contribution is -2.29. The molecule has 1 unspecified atom stereocenters. The van der Waals surface area contributed by atoms with Gasteiger partial charge < -0.3 is 9.64 Å². The van der Waals surface area contributed by atoms with Gasteiger partial charge in [0.1, 0.15) is 0 Å². The Morgan fingerprint density at radius 1 is 1.33 bits per heavy atom. The first-order chi connectivity index (χ1) is 10.1. The molecule has 1 amide bonds. The number of hydrogen-bond donors (Lipinski definition) is 0. The van der Waals surface area contributed by atoms with Crippen LogP contribution in [0.2, 0.25) is 0 Å². The van der Waals surface area contributed by atoms with Gasteiger partial charge in [0.25, 0.3) is 0 Å². The lowest BCUT2D eigenvalue weighted by molar-refractivity contribution is -0.147. The highest BCUT2D eigenvalue weighted by molar-refractivity contribution is 7.16. The van der Waals surface area contributed by atoms with Gasteiger partial charge in [0.05, 0.1) is 17.2 Å². The van der Waals surface area contributed by atoms with Crippen LogP contribution in [-0.4, -0.2) is 25.5 Å². The van der Waals surface area contributed by atoms with E-state index >= 15 is 0 Å². The first-order valence-electron chi connectivity index (χ1n) is 6.76. The van der Waals surface area contributed by atoms with E-state index in [0.717, 1.165) is 21.0 Å². The number of amides is 1. The molecule has 1 aliphatic heterocycles. The first kappa shape index (κ1) is 13.8. The number of likely N-dealkylation sites (N-methyl/N-ethyl adjacent to an activating group) is 1. The molecule has 0 saturated carbocycles. The zero-order chi connectivity index (χ0) is 15.0. The average molecular weight is 301 g/mol. The van der Waals surface area contributed by atoms with Crippen molar-refractivity contribution in [3.05, 3.63) is 41.3 Å². The summed E-state index contributed by atoms with van der Waals surface area (Å²) in [5.74, 6) is -1.49. The van der Waals surface area contributed by atoms with E-state index in [1.165, 1.54) is 11.3 Å². The molecule has 0 aliphatic carbocycles. The minimum atomic E-state index is -0.813. The summed E-state index contributed by atoms with van der Waals surface area (Å²) in [5.41, 5.74) is 1.89. The van der Waals surface area contributed by atoms with Crippen LogP contribution in [0.3, 0.4) is 0 Å². The summed E-state index contributed by atoms with van der Waals surface area (Å²) in [5, 5.41) is 0. The van der Waals surface area contributed by atoms with Gasteiger partial charge in [-0.3, -0.25) is 9.59 Å². The van der Waals surface area contributed by atoms with Gasteiger partial charge in [0, 0.05) is 11.9 Å². The van der Waals surface area contributed by atoms with Crippen LogP contribution >= 0.6 is 11.3 Å². The van der Waals surface area contributed by atoms with Crippen LogP contribution < -0.4 is 4.90 Å². The molecule has 0 N–H and O–H groups in total. The summed E-state index contributed by atoms with van der Waals surface area (Å²) in [4.78, 5) is 27.6. The Bertz CT molecular complexity index is 693. The molecule has 5 heteroatoms. The fourth-order valence-corrected chi connectivity index (χ4v) is 3.74. The fraction of sp³-hybridized carbons (Fsp3) is 0.250. The third kappa shape index (κ3) is 2.23. The van der Waals surface area contributed by atoms with Gasteiger partial charge in [0.2, 0.25) is 5.91 Å². The third-order valence-corrected chi connectivity index (χ3v) is 4.76. The van der Waals surface area contributed by atoms with E-state index in [1.54, 1.807) is 18.9 Å². The molecule has 1 aromatic carbocycles. The van der Waals surface area contributed by atoms with E-state index in [1.807, 2.05) is 36.4 Å². The maximum atomic E-state index is 12.2. The van der Waals surface area contributed by atoms with Crippen molar-refractivity contribution in [3.8, 4) is 10.4 Å². The summed E-state index contributed by atoms with van der Waals surface area (Å²) in [7, 11) is 1.70. The Labute approximate surface area is 127 Å². The van der Waals surface area contributed by atoms with E-state index in [9.17, 15) is 9.59 Å². The van der Waals surface area contributed by atoms with Gasteiger partial charge in [-0.05, 0) is 18.6 Å². The molecule has 0 radical (unpaired) electrons. The second-order valence-electron chi connectivity index (χ2n) is 4.81. The number of benzene rings is 1. The SMILES string of the molecule is CCOC(=O)C1C(=O)N(C)c2cc(-c3ccccc3)sc21. The molecule has 0 fully saturated rings. The largest absolute Gasteiger partial charge is 0.465 e. The van der Waals surface area contributed by atoms with Gasteiger partial charge in [-0.2, -0.15) is 0 Å². The van der Waals surface area contributed by atoms with Crippen LogP contribution in [-0.2, 0) is 14.3 Å². The summed E-state index contributed by atoms with van der Waals surface area (Å²) >= 11 is 1.48. The predicted octanol–water partition coefficient (Wildman–Crippen LogP) is 3.04. The zero-order valence-electron chi connectivity index (χ0n) is 11.8. The maximum Gasteiger partial charge on any atom is 0.323 e. The molecule has 21 heavy (non-hydrogen) atoms. The monoisotopic (exact) mass is 301 g/mol. The highest BCUT2D eigenvalue weighted by Crippen LogP contribution is 2.46. The van der Waals surface area contributed by atoms with E-state index < -0.39 is 11.9 Å². The van der Waals surface area contributed by atoms with Crippen molar-refractivity contribution in [1.82, 2.24) is 0 Å². The van der Waals surface area contributed by atoms with E-state index in [-0.39, 0.29) is 12.5 Å². The Balaban J connectivity index is 2.02. The molecule has 0 spiro atoms. The summed E-state index contributed by atoms with van der Waals surface area (Å²) < 4.78 is 5.04. The summed E-state index contributed by atoms with van der Waals surface area (Å²) in [6, 6.07) is 11.9. The van der Waals surface area contributed by atoms with Crippen molar-refractivity contribution in [2.45, 2.75) is 12.8 Å². The van der Waals surface area contributed by atoms with Crippen LogP contribution in [0.4, 0.5) is 5.69 Å². The normalized spacial score (nSPS) is 17.0. The molecule has 2 aromatic rings. The Morgan fingerprint density at radius 2 is 2.05 bits per heavy atom. The van der Waals surface area contributed by atoms with Gasteiger partial charge >= 0.3 is 5.97 Å². The first-order valence-corrected chi connectivity index (χ1v) is 7.58. The minimum absolute atomic E-state index is 0.214. The van der Waals surface area contributed by atoms with Crippen molar-refractivity contribution >= 4 is 28.9 Å².